The minimum absolute atomic E-state index is 0.144. The van der Waals surface area contributed by atoms with Crippen molar-refractivity contribution in [1.29, 1.82) is 0 Å². The van der Waals surface area contributed by atoms with Crippen LogP contribution >= 0.6 is 0 Å². The molecule has 0 aromatic carbocycles. The first-order chi connectivity index (χ1) is 3.79. The number of hydrogen-bond acceptors (Lipinski definition) is 2. The van der Waals surface area contributed by atoms with Gasteiger partial charge in [-0.15, -0.1) is 0 Å². The van der Waals surface area contributed by atoms with Gasteiger partial charge in [0.2, 0.25) is 0 Å². The lowest BCUT2D eigenvalue weighted by atomic mass is 10.6. The molecule has 1 unspecified atom stereocenters. The third kappa shape index (κ3) is 1.38. The summed E-state index contributed by atoms with van der Waals surface area (Å²) in [5.74, 6) is 0.511. The van der Waals surface area contributed by atoms with Crippen molar-refractivity contribution in [3.63, 3.8) is 0 Å². The summed E-state index contributed by atoms with van der Waals surface area (Å²) in [6.07, 6.45) is 0. The van der Waals surface area contributed by atoms with Crippen LogP contribution in [0.5, 0.6) is 0 Å². The lowest BCUT2D eigenvalue weighted by Gasteiger charge is -2.14. The topological polar surface area (TPSA) is 52.2 Å². The summed E-state index contributed by atoms with van der Waals surface area (Å²) in [4.78, 5) is 10.3. The number of hydrogen-bond donors (Lipinski definition) is 1. The molecule has 1 amide bonds. The van der Waals surface area contributed by atoms with E-state index in [0.717, 1.165) is 0 Å². The molecule has 1 radical (unpaired) electrons. The highest BCUT2D eigenvalue weighted by Crippen LogP contribution is 1.96. The van der Waals surface area contributed by atoms with Crippen LogP contribution in [0.2, 0.25) is 0 Å². The molecule has 1 aliphatic heterocycles. The van der Waals surface area contributed by atoms with Gasteiger partial charge in [-0.2, -0.15) is 0 Å². The van der Waals surface area contributed by atoms with Crippen molar-refractivity contribution in [2.45, 2.75) is 0 Å². The summed E-state index contributed by atoms with van der Waals surface area (Å²) in [5.41, 5.74) is 0. The molecule has 0 bridgehead atoms. The van der Waals surface area contributed by atoms with Crippen molar-refractivity contribution < 1.29 is 9.35 Å². The largest absolute Gasteiger partial charge is 0.616 e. The Labute approximate surface area is 50.6 Å². The van der Waals surface area contributed by atoms with E-state index in [-0.39, 0.29) is 11.7 Å². The monoisotopic (exact) mass is 132 g/mol. The van der Waals surface area contributed by atoms with Gasteiger partial charge in [-0.25, -0.2) is 0 Å². The Morgan fingerprint density at radius 3 is 3.00 bits per heavy atom. The summed E-state index contributed by atoms with van der Waals surface area (Å²) in [6.45, 7) is 1.53. The van der Waals surface area contributed by atoms with Gasteiger partial charge in [0.25, 0.3) is 5.91 Å². The van der Waals surface area contributed by atoms with Crippen LogP contribution in [0.25, 0.3) is 0 Å². The summed E-state index contributed by atoms with van der Waals surface area (Å²) < 4.78 is 10.5. The fourth-order valence-electron chi connectivity index (χ4n) is 0.495. The van der Waals surface area contributed by atoms with Crippen LogP contribution in [0.3, 0.4) is 0 Å². The van der Waals surface area contributed by atoms with E-state index in [1.807, 2.05) is 0 Å². The first-order valence-electron chi connectivity index (χ1n) is 2.25. The zero-order valence-electron chi connectivity index (χ0n) is 4.22. The van der Waals surface area contributed by atoms with Crippen LogP contribution in [0.15, 0.2) is 0 Å². The van der Waals surface area contributed by atoms with E-state index in [4.69, 9.17) is 0 Å². The highest BCUT2D eigenvalue weighted by molar-refractivity contribution is 7.92. The lowest BCUT2D eigenvalue weighted by Crippen LogP contribution is -2.37. The zero-order chi connectivity index (χ0) is 5.98. The number of carbonyl (C=O) groups is 1. The number of carbonyl (C=O) groups excluding carboxylic acids is 1. The Balaban J connectivity index is 2.34. The van der Waals surface area contributed by atoms with Gasteiger partial charge in [0.05, 0.1) is 6.54 Å². The Hall–Kier alpha value is -0.220. The summed E-state index contributed by atoms with van der Waals surface area (Å²) in [6, 6.07) is 0. The third-order valence-corrected chi connectivity index (χ3v) is 1.95. The molecule has 45 valence electrons. The fraction of sp³-hybridized carbons (Fsp3) is 0.500. The highest BCUT2D eigenvalue weighted by Gasteiger charge is 2.18. The first-order valence-corrected chi connectivity index (χ1v) is 3.74. The van der Waals surface area contributed by atoms with Gasteiger partial charge in [-0.05, 0) is 11.2 Å². The van der Waals surface area contributed by atoms with Crippen molar-refractivity contribution in [3.8, 4) is 0 Å². The molecule has 0 saturated carbocycles. The Kier molecular flexibility index (Phi) is 1.75. The zero-order valence-corrected chi connectivity index (χ0v) is 5.03. The summed E-state index contributed by atoms with van der Waals surface area (Å²) >= 11 is -0.938. The van der Waals surface area contributed by atoms with Crippen LogP contribution in [0.1, 0.15) is 0 Å². The minimum atomic E-state index is -0.938. The maximum atomic E-state index is 10.5. The number of amides is 1. The van der Waals surface area contributed by atoms with E-state index in [1.165, 1.54) is 6.54 Å². The first kappa shape index (κ1) is 5.91. The highest BCUT2D eigenvalue weighted by atomic mass is 32.2. The van der Waals surface area contributed by atoms with Crippen LogP contribution in [-0.4, -0.2) is 22.0 Å². The summed E-state index contributed by atoms with van der Waals surface area (Å²) in [5, 5.41) is 2.46. The Morgan fingerprint density at radius 1 is 1.88 bits per heavy atom. The van der Waals surface area contributed by atoms with E-state index in [1.54, 1.807) is 0 Å². The molecular formula is C4H6NO2S. The van der Waals surface area contributed by atoms with E-state index in [0.29, 0.717) is 5.75 Å². The van der Waals surface area contributed by atoms with Gasteiger partial charge >= 0.3 is 0 Å². The second kappa shape index (κ2) is 2.37. The lowest BCUT2D eigenvalue weighted by molar-refractivity contribution is -0.118. The van der Waals surface area contributed by atoms with Crippen molar-refractivity contribution in [1.82, 2.24) is 5.32 Å². The molecule has 0 aromatic heterocycles. The maximum Gasteiger partial charge on any atom is 0.270 e. The normalized spacial score (nSPS) is 29.6. The molecule has 0 spiro atoms. The molecule has 1 atom stereocenters. The molecule has 0 aromatic rings. The third-order valence-electron chi connectivity index (χ3n) is 0.824. The van der Waals surface area contributed by atoms with E-state index in [2.05, 4.69) is 5.32 Å². The molecule has 1 heterocycles. The van der Waals surface area contributed by atoms with Crippen molar-refractivity contribution in [3.05, 3.63) is 6.54 Å². The SMILES string of the molecule is O=C1C[S+]([O-])C[CH]N1. The fourth-order valence-corrected chi connectivity index (χ4v) is 1.26. The smallest absolute Gasteiger partial charge is 0.270 e. The average Bonchev–Trinajstić information content (AvgIpc) is 1.64. The maximum absolute atomic E-state index is 10.5. The predicted molar refractivity (Wildman–Crippen MR) is 30.3 cm³/mol. The van der Waals surface area contributed by atoms with Crippen LogP contribution in [-0.2, 0) is 16.0 Å². The number of rotatable bonds is 0. The van der Waals surface area contributed by atoms with Gasteiger partial charge in [-0.3, -0.25) is 4.79 Å². The molecule has 1 N–H and O–H groups in total. The Bertz CT molecular complexity index is 106. The molecule has 1 fully saturated rings. The van der Waals surface area contributed by atoms with Crippen LogP contribution in [0.4, 0.5) is 0 Å². The summed E-state index contributed by atoms with van der Waals surface area (Å²) in [7, 11) is 0. The molecule has 8 heavy (non-hydrogen) atoms. The second-order valence-corrected chi connectivity index (χ2v) is 3.02. The molecular weight excluding hydrogens is 126 g/mol. The Morgan fingerprint density at radius 2 is 2.62 bits per heavy atom. The minimum Gasteiger partial charge on any atom is -0.616 e. The molecule has 4 heteroatoms. The van der Waals surface area contributed by atoms with E-state index < -0.39 is 11.2 Å². The number of nitrogens with one attached hydrogen (secondary N) is 1. The quantitative estimate of drug-likeness (QED) is 0.431. The van der Waals surface area contributed by atoms with Gasteiger partial charge in [0.1, 0.15) is 5.75 Å². The van der Waals surface area contributed by atoms with Crippen LogP contribution in [0, 0.1) is 6.54 Å². The van der Waals surface area contributed by atoms with Crippen LogP contribution < -0.4 is 5.32 Å². The van der Waals surface area contributed by atoms with Gasteiger partial charge in [0.15, 0.2) is 5.75 Å². The van der Waals surface area contributed by atoms with Gasteiger partial charge < -0.3 is 9.87 Å². The predicted octanol–water partition coefficient (Wildman–Crippen LogP) is -0.973. The van der Waals surface area contributed by atoms with Gasteiger partial charge in [-0.1, -0.05) is 0 Å². The molecule has 1 aliphatic rings. The molecule has 1 rings (SSSR count). The molecule has 0 aliphatic carbocycles. The second-order valence-electron chi connectivity index (χ2n) is 1.52. The van der Waals surface area contributed by atoms with Crippen molar-refractivity contribution in [2.24, 2.45) is 0 Å². The van der Waals surface area contributed by atoms with Crippen molar-refractivity contribution in [2.75, 3.05) is 11.5 Å². The van der Waals surface area contributed by atoms with Gasteiger partial charge in [0, 0.05) is 0 Å². The van der Waals surface area contributed by atoms with E-state index in [9.17, 15) is 9.35 Å². The average molecular weight is 132 g/mol. The molecule has 3 nitrogen and oxygen atoms in total. The van der Waals surface area contributed by atoms with Crippen molar-refractivity contribution >= 4 is 17.1 Å². The molecule has 1 saturated heterocycles. The van der Waals surface area contributed by atoms with E-state index >= 15 is 0 Å². The standard InChI is InChI=1S/C4H6NO2S/c6-4-3-8(7)2-1-5-4/h1H,2-3H2,(H,5,6).